The standard InChI is InChI=1S/C7H2F3IN2O/c8-7(9,10)14-6-5(11)2-1-4(3-12)13-6/h1-2H. The van der Waals surface area contributed by atoms with Crippen LogP contribution in [0.3, 0.4) is 0 Å². The number of rotatable bonds is 1. The number of halogens is 4. The molecule has 74 valence electrons. The van der Waals surface area contributed by atoms with Crippen LogP contribution in [-0.2, 0) is 0 Å². The summed E-state index contributed by atoms with van der Waals surface area (Å²) in [6.07, 6.45) is -4.79. The van der Waals surface area contributed by atoms with Crippen LogP contribution >= 0.6 is 22.6 Å². The summed E-state index contributed by atoms with van der Waals surface area (Å²) >= 11 is 1.64. The topological polar surface area (TPSA) is 45.9 Å². The van der Waals surface area contributed by atoms with Gasteiger partial charge in [0.15, 0.2) is 0 Å². The van der Waals surface area contributed by atoms with Gasteiger partial charge in [-0.2, -0.15) is 5.26 Å². The van der Waals surface area contributed by atoms with Crippen LogP contribution in [0.5, 0.6) is 5.88 Å². The van der Waals surface area contributed by atoms with Gasteiger partial charge in [0.2, 0.25) is 5.88 Å². The van der Waals surface area contributed by atoms with Gasteiger partial charge in [0.25, 0.3) is 0 Å². The number of ether oxygens (including phenoxy) is 1. The van der Waals surface area contributed by atoms with Crippen LogP contribution in [0.4, 0.5) is 13.2 Å². The highest BCUT2D eigenvalue weighted by Crippen LogP contribution is 2.25. The molecular formula is C7H2F3IN2O. The van der Waals surface area contributed by atoms with Gasteiger partial charge in [0.05, 0.1) is 3.57 Å². The summed E-state index contributed by atoms with van der Waals surface area (Å²) in [7, 11) is 0. The Labute approximate surface area is 90.6 Å². The Morgan fingerprint density at radius 3 is 2.57 bits per heavy atom. The van der Waals surface area contributed by atoms with Gasteiger partial charge in [-0.05, 0) is 34.7 Å². The van der Waals surface area contributed by atoms with E-state index in [2.05, 4.69) is 9.72 Å². The number of alkyl halides is 3. The first-order valence-electron chi connectivity index (χ1n) is 3.25. The largest absolute Gasteiger partial charge is 0.574 e. The lowest BCUT2D eigenvalue weighted by Gasteiger charge is -2.08. The quantitative estimate of drug-likeness (QED) is 0.748. The summed E-state index contributed by atoms with van der Waals surface area (Å²) in [5.41, 5.74) is -0.121. The average molecular weight is 314 g/mol. The first-order valence-corrected chi connectivity index (χ1v) is 4.32. The molecule has 0 aliphatic heterocycles. The molecule has 0 bridgehead atoms. The molecule has 0 saturated carbocycles. The second-order valence-corrected chi connectivity index (χ2v) is 3.31. The van der Waals surface area contributed by atoms with Crippen molar-refractivity contribution in [1.29, 1.82) is 5.26 Å². The molecule has 0 unspecified atom stereocenters. The van der Waals surface area contributed by atoms with Crippen LogP contribution in [0.1, 0.15) is 5.69 Å². The number of nitriles is 1. The molecule has 0 aliphatic rings. The zero-order valence-electron chi connectivity index (χ0n) is 6.47. The van der Waals surface area contributed by atoms with E-state index in [1.807, 2.05) is 0 Å². The van der Waals surface area contributed by atoms with Crippen molar-refractivity contribution in [3.8, 4) is 11.9 Å². The van der Waals surface area contributed by atoms with Crippen molar-refractivity contribution < 1.29 is 17.9 Å². The summed E-state index contributed by atoms with van der Waals surface area (Å²) in [6.45, 7) is 0. The number of pyridine rings is 1. The van der Waals surface area contributed by atoms with Gasteiger partial charge in [-0.1, -0.05) is 0 Å². The minimum Gasteiger partial charge on any atom is -0.387 e. The van der Waals surface area contributed by atoms with Crippen LogP contribution in [0.15, 0.2) is 12.1 Å². The van der Waals surface area contributed by atoms with E-state index in [1.54, 1.807) is 28.7 Å². The van der Waals surface area contributed by atoms with E-state index in [4.69, 9.17) is 5.26 Å². The molecule has 1 aromatic heterocycles. The first-order chi connectivity index (χ1) is 6.42. The van der Waals surface area contributed by atoms with Crippen molar-refractivity contribution in [2.24, 2.45) is 0 Å². The molecule has 7 heteroatoms. The molecule has 0 spiro atoms. The maximum atomic E-state index is 11.8. The Morgan fingerprint density at radius 1 is 1.43 bits per heavy atom. The summed E-state index contributed by atoms with van der Waals surface area (Å²) in [5.74, 6) is -0.600. The average Bonchev–Trinajstić information content (AvgIpc) is 2.06. The summed E-state index contributed by atoms with van der Waals surface area (Å²) in [4.78, 5) is 3.37. The monoisotopic (exact) mass is 314 g/mol. The Morgan fingerprint density at radius 2 is 2.07 bits per heavy atom. The molecule has 1 rings (SSSR count). The molecule has 0 N–H and O–H groups in total. The van der Waals surface area contributed by atoms with Gasteiger partial charge in [-0.25, -0.2) is 4.98 Å². The van der Waals surface area contributed by atoms with Crippen LogP contribution < -0.4 is 4.74 Å². The van der Waals surface area contributed by atoms with Gasteiger partial charge < -0.3 is 4.74 Å². The van der Waals surface area contributed by atoms with Gasteiger partial charge in [-0.3, -0.25) is 0 Å². The Kier molecular flexibility index (Phi) is 3.15. The highest BCUT2D eigenvalue weighted by atomic mass is 127. The van der Waals surface area contributed by atoms with Crippen molar-refractivity contribution in [1.82, 2.24) is 4.98 Å². The molecule has 0 atom stereocenters. The summed E-state index contributed by atoms with van der Waals surface area (Å²) in [5, 5.41) is 8.40. The SMILES string of the molecule is N#Cc1ccc(I)c(OC(F)(F)F)n1. The lowest BCUT2D eigenvalue weighted by molar-refractivity contribution is -0.276. The third-order valence-electron chi connectivity index (χ3n) is 1.14. The van der Waals surface area contributed by atoms with Gasteiger partial charge >= 0.3 is 6.36 Å². The fourth-order valence-corrected chi connectivity index (χ4v) is 1.08. The Bertz CT molecular complexity index is 386. The minimum atomic E-state index is -4.79. The van der Waals surface area contributed by atoms with E-state index < -0.39 is 12.2 Å². The van der Waals surface area contributed by atoms with Crippen molar-refractivity contribution in [2.45, 2.75) is 6.36 Å². The maximum Gasteiger partial charge on any atom is 0.574 e. The summed E-state index contributed by atoms with van der Waals surface area (Å²) in [6, 6.07) is 4.26. The van der Waals surface area contributed by atoms with E-state index in [9.17, 15) is 13.2 Å². The van der Waals surface area contributed by atoms with E-state index in [1.165, 1.54) is 12.1 Å². The van der Waals surface area contributed by atoms with E-state index >= 15 is 0 Å². The van der Waals surface area contributed by atoms with Crippen LogP contribution in [0.2, 0.25) is 0 Å². The molecule has 0 aromatic carbocycles. The molecule has 1 aromatic rings. The van der Waals surface area contributed by atoms with Crippen LogP contribution in [0, 0.1) is 14.9 Å². The number of nitrogens with zero attached hydrogens (tertiary/aromatic N) is 2. The van der Waals surface area contributed by atoms with Crippen molar-refractivity contribution >= 4 is 22.6 Å². The molecule has 0 aliphatic carbocycles. The van der Waals surface area contributed by atoms with E-state index in [-0.39, 0.29) is 9.26 Å². The normalized spacial score (nSPS) is 10.8. The Hall–Kier alpha value is -1.04. The first kappa shape index (κ1) is 11.0. The number of hydrogen-bond donors (Lipinski definition) is 0. The lowest BCUT2D eigenvalue weighted by Crippen LogP contribution is -2.18. The highest BCUT2D eigenvalue weighted by molar-refractivity contribution is 14.1. The van der Waals surface area contributed by atoms with E-state index in [0.717, 1.165) is 0 Å². The zero-order valence-corrected chi connectivity index (χ0v) is 8.63. The predicted molar refractivity (Wildman–Crippen MR) is 48.4 cm³/mol. The molecule has 0 amide bonds. The predicted octanol–water partition coefficient (Wildman–Crippen LogP) is 2.46. The Balaban J connectivity index is 3.03. The zero-order chi connectivity index (χ0) is 10.8. The van der Waals surface area contributed by atoms with E-state index in [0.29, 0.717) is 0 Å². The second kappa shape index (κ2) is 4.00. The fraction of sp³-hybridized carbons (Fsp3) is 0.143. The van der Waals surface area contributed by atoms with Gasteiger partial charge in [0, 0.05) is 0 Å². The maximum absolute atomic E-state index is 11.8. The molecule has 1 heterocycles. The third-order valence-corrected chi connectivity index (χ3v) is 1.96. The number of aromatic nitrogens is 1. The number of hydrogen-bond acceptors (Lipinski definition) is 3. The van der Waals surface area contributed by atoms with Crippen LogP contribution in [-0.4, -0.2) is 11.3 Å². The highest BCUT2D eigenvalue weighted by Gasteiger charge is 2.32. The van der Waals surface area contributed by atoms with Gasteiger partial charge in [-0.15, -0.1) is 13.2 Å². The van der Waals surface area contributed by atoms with Crippen molar-refractivity contribution in [3.63, 3.8) is 0 Å². The van der Waals surface area contributed by atoms with Crippen LogP contribution in [0.25, 0.3) is 0 Å². The minimum absolute atomic E-state index is 0.121. The summed E-state index contributed by atoms with van der Waals surface area (Å²) < 4.78 is 39.2. The lowest BCUT2D eigenvalue weighted by atomic mass is 10.4. The molecule has 3 nitrogen and oxygen atoms in total. The molecule has 0 fully saturated rings. The van der Waals surface area contributed by atoms with Gasteiger partial charge in [0.1, 0.15) is 11.8 Å². The van der Waals surface area contributed by atoms with Crippen molar-refractivity contribution in [3.05, 3.63) is 21.4 Å². The molecular weight excluding hydrogens is 312 g/mol. The fourth-order valence-electron chi connectivity index (χ4n) is 0.667. The third kappa shape index (κ3) is 3.02. The smallest absolute Gasteiger partial charge is 0.387 e. The molecule has 14 heavy (non-hydrogen) atoms. The molecule has 0 radical (unpaired) electrons. The molecule has 0 saturated heterocycles. The van der Waals surface area contributed by atoms with Crippen molar-refractivity contribution in [2.75, 3.05) is 0 Å². The second-order valence-electron chi connectivity index (χ2n) is 2.14.